The van der Waals surface area contributed by atoms with Gasteiger partial charge in [-0.1, -0.05) is 12.5 Å². The molecule has 0 N–H and O–H groups in total. The van der Waals surface area contributed by atoms with Gasteiger partial charge in [-0.25, -0.2) is 8.42 Å². The van der Waals surface area contributed by atoms with Crippen molar-refractivity contribution < 1.29 is 17.9 Å². The second-order valence-corrected chi connectivity index (χ2v) is 10.6. The number of nitrogens with zero attached hydrogens (tertiary/aromatic N) is 3. The zero-order chi connectivity index (χ0) is 22.6. The van der Waals surface area contributed by atoms with E-state index < -0.39 is 10.0 Å². The Morgan fingerprint density at radius 1 is 1.16 bits per heavy atom. The number of piperidine rings is 1. The van der Waals surface area contributed by atoms with Crippen LogP contribution in [0.5, 0.6) is 0 Å². The van der Waals surface area contributed by atoms with Crippen molar-refractivity contribution in [3.63, 3.8) is 0 Å². The predicted octanol–water partition coefficient (Wildman–Crippen LogP) is 3.47. The fourth-order valence-electron chi connectivity index (χ4n) is 4.48. The van der Waals surface area contributed by atoms with Gasteiger partial charge in [0.15, 0.2) is 0 Å². The van der Waals surface area contributed by atoms with Gasteiger partial charge in [-0.15, -0.1) is 0 Å². The number of aromatic nitrogens is 1. The van der Waals surface area contributed by atoms with Crippen molar-refractivity contribution in [2.75, 3.05) is 19.7 Å². The van der Waals surface area contributed by atoms with Gasteiger partial charge in [-0.05, 0) is 68.5 Å². The third kappa shape index (κ3) is 5.19. The lowest BCUT2D eigenvalue weighted by atomic mass is 10.1. The summed E-state index contributed by atoms with van der Waals surface area (Å²) in [4.78, 5) is 19.5. The standard InChI is InChI=1S/C24H31N3O4S/c1-19-6-2-3-14-27(19)32(29,30)23-11-9-21(10-12-23)24(28)26(18-22-8-5-15-31-22)17-20-7-4-13-25-16-20/h4,7,9-13,16,19,22H,2-3,5-6,8,14-15,17-18H2,1H3. The molecule has 32 heavy (non-hydrogen) atoms. The molecule has 2 saturated heterocycles. The number of ether oxygens (including phenoxy) is 1. The summed E-state index contributed by atoms with van der Waals surface area (Å²) in [6.07, 6.45) is 8.23. The largest absolute Gasteiger partial charge is 0.376 e. The molecule has 2 fully saturated rings. The maximum absolute atomic E-state index is 13.3. The summed E-state index contributed by atoms with van der Waals surface area (Å²) in [5.74, 6) is -0.139. The van der Waals surface area contributed by atoms with E-state index >= 15 is 0 Å². The number of rotatable bonds is 7. The Morgan fingerprint density at radius 2 is 1.97 bits per heavy atom. The van der Waals surface area contributed by atoms with Crippen LogP contribution in [0.1, 0.15) is 54.9 Å². The Labute approximate surface area is 190 Å². The molecule has 0 aliphatic carbocycles. The molecule has 2 aliphatic rings. The van der Waals surface area contributed by atoms with E-state index in [2.05, 4.69) is 4.98 Å². The van der Waals surface area contributed by atoms with E-state index in [-0.39, 0.29) is 22.9 Å². The van der Waals surface area contributed by atoms with Gasteiger partial charge in [-0.2, -0.15) is 4.31 Å². The molecule has 0 spiro atoms. The predicted molar refractivity (Wildman–Crippen MR) is 122 cm³/mol. The van der Waals surface area contributed by atoms with E-state index in [1.165, 1.54) is 0 Å². The van der Waals surface area contributed by atoms with E-state index in [1.54, 1.807) is 45.9 Å². The van der Waals surface area contributed by atoms with Gasteiger partial charge >= 0.3 is 0 Å². The molecule has 1 aromatic heterocycles. The first kappa shape index (κ1) is 22.9. The average Bonchev–Trinajstić information content (AvgIpc) is 3.32. The molecule has 1 amide bonds. The molecule has 2 unspecified atom stereocenters. The minimum absolute atomic E-state index is 0.00329. The fraction of sp³-hybridized carbons (Fsp3) is 0.500. The van der Waals surface area contributed by atoms with Gasteiger partial charge in [0, 0.05) is 50.2 Å². The molecule has 4 rings (SSSR count). The molecule has 0 radical (unpaired) electrons. The topological polar surface area (TPSA) is 79.8 Å². The lowest BCUT2D eigenvalue weighted by molar-refractivity contribution is 0.0507. The summed E-state index contributed by atoms with van der Waals surface area (Å²) in [6, 6.07) is 10.1. The van der Waals surface area contributed by atoms with Crippen molar-refractivity contribution in [1.29, 1.82) is 0 Å². The van der Waals surface area contributed by atoms with Crippen LogP contribution in [0.25, 0.3) is 0 Å². The number of carbonyl (C=O) groups excluding carboxylic acids is 1. The number of carbonyl (C=O) groups is 1. The van der Waals surface area contributed by atoms with Gasteiger partial charge in [0.2, 0.25) is 10.0 Å². The Kier molecular flexibility index (Phi) is 7.23. The van der Waals surface area contributed by atoms with Gasteiger partial charge in [-0.3, -0.25) is 9.78 Å². The van der Waals surface area contributed by atoms with Gasteiger partial charge < -0.3 is 9.64 Å². The van der Waals surface area contributed by atoms with Crippen molar-refractivity contribution >= 4 is 15.9 Å². The molecule has 2 aromatic rings. The lowest BCUT2D eigenvalue weighted by Gasteiger charge is -2.32. The monoisotopic (exact) mass is 457 g/mol. The SMILES string of the molecule is CC1CCCCN1S(=O)(=O)c1ccc(C(=O)N(Cc2cccnc2)CC2CCCO2)cc1. The van der Waals surface area contributed by atoms with Crippen molar-refractivity contribution in [1.82, 2.24) is 14.2 Å². The average molecular weight is 458 g/mol. The van der Waals surface area contributed by atoms with Crippen molar-refractivity contribution in [2.24, 2.45) is 0 Å². The molecule has 2 atom stereocenters. The van der Waals surface area contributed by atoms with Crippen molar-refractivity contribution in [2.45, 2.75) is 62.6 Å². The summed E-state index contributed by atoms with van der Waals surface area (Å²) in [5.41, 5.74) is 1.41. The molecule has 3 heterocycles. The molecule has 8 heteroatoms. The molecular formula is C24H31N3O4S. The van der Waals surface area contributed by atoms with E-state index in [1.807, 2.05) is 19.1 Å². The Hall–Kier alpha value is -2.29. The molecule has 172 valence electrons. The number of amides is 1. The van der Waals surface area contributed by atoms with Crippen LogP contribution in [-0.2, 0) is 21.3 Å². The highest BCUT2D eigenvalue weighted by Crippen LogP contribution is 2.26. The minimum Gasteiger partial charge on any atom is -0.376 e. The Balaban J connectivity index is 1.53. The zero-order valence-corrected chi connectivity index (χ0v) is 19.3. The van der Waals surface area contributed by atoms with Crippen LogP contribution in [0.2, 0.25) is 0 Å². The Bertz CT molecular complexity index is 1010. The van der Waals surface area contributed by atoms with E-state index in [9.17, 15) is 13.2 Å². The van der Waals surface area contributed by atoms with Crippen LogP contribution >= 0.6 is 0 Å². The summed E-state index contributed by atoms with van der Waals surface area (Å²) in [6.45, 7) is 4.15. The molecular weight excluding hydrogens is 426 g/mol. The maximum Gasteiger partial charge on any atom is 0.254 e. The van der Waals surface area contributed by atoms with Crippen LogP contribution < -0.4 is 0 Å². The first-order chi connectivity index (χ1) is 15.4. The normalized spacial score (nSPS) is 22.0. The van der Waals surface area contributed by atoms with Crippen LogP contribution in [0.15, 0.2) is 53.7 Å². The van der Waals surface area contributed by atoms with E-state index in [0.29, 0.717) is 25.2 Å². The summed E-state index contributed by atoms with van der Waals surface area (Å²) < 4.78 is 33.5. The smallest absolute Gasteiger partial charge is 0.254 e. The highest BCUT2D eigenvalue weighted by molar-refractivity contribution is 7.89. The quantitative estimate of drug-likeness (QED) is 0.636. The van der Waals surface area contributed by atoms with Crippen molar-refractivity contribution in [3.8, 4) is 0 Å². The third-order valence-corrected chi connectivity index (χ3v) is 8.31. The van der Waals surface area contributed by atoms with Gasteiger partial charge in [0.1, 0.15) is 0 Å². The minimum atomic E-state index is -3.56. The zero-order valence-electron chi connectivity index (χ0n) is 18.5. The van der Waals surface area contributed by atoms with E-state index in [4.69, 9.17) is 4.74 Å². The first-order valence-corrected chi connectivity index (χ1v) is 12.8. The number of sulfonamides is 1. The number of benzene rings is 1. The highest BCUT2D eigenvalue weighted by Gasteiger charge is 2.31. The second kappa shape index (κ2) is 10.1. The van der Waals surface area contributed by atoms with Crippen molar-refractivity contribution in [3.05, 3.63) is 59.9 Å². The molecule has 1 aromatic carbocycles. The van der Waals surface area contributed by atoms with E-state index in [0.717, 1.165) is 44.3 Å². The van der Waals surface area contributed by atoms with Crippen LogP contribution in [-0.4, -0.2) is 60.4 Å². The third-order valence-electron chi connectivity index (χ3n) is 6.28. The number of hydrogen-bond acceptors (Lipinski definition) is 5. The molecule has 0 saturated carbocycles. The number of hydrogen-bond donors (Lipinski definition) is 0. The number of pyridine rings is 1. The fourth-order valence-corrected chi connectivity index (χ4v) is 6.18. The van der Waals surface area contributed by atoms with Gasteiger partial charge in [0.05, 0.1) is 11.0 Å². The summed E-state index contributed by atoms with van der Waals surface area (Å²) in [5, 5.41) is 0. The van der Waals surface area contributed by atoms with Gasteiger partial charge in [0.25, 0.3) is 5.91 Å². The lowest BCUT2D eigenvalue weighted by Crippen LogP contribution is -2.41. The summed E-state index contributed by atoms with van der Waals surface area (Å²) in [7, 11) is -3.56. The second-order valence-electron chi connectivity index (χ2n) is 8.67. The Morgan fingerprint density at radius 3 is 2.62 bits per heavy atom. The maximum atomic E-state index is 13.3. The van der Waals surface area contributed by atoms with Crippen LogP contribution in [0.3, 0.4) is 0 Å². The summed E-state index contributed by atoms with van der Waals surface area (Å²) >= 11 is 0. The molecule has 2 aliphatic heterocycles. The first-order valence-electron chi connectivity index (χ1n) is 11.4. The van der Waals surface area contributed by atoms with Crippen LogP contribution in [0.4, 0.5) is 0 Å². The highest BCUT2D eigenvalue weighted by atomic mass is 32.2. The molecule has 0 bridgehead atoms. The van der Waals surface area contributed by atoms with Crippen LogP contribution in [0, 0.1) is 0 Å². The molecule has 7 nitrogen and oxygen atoms in total.